The Morgan fingerprint density at radius 2 is 1.75 bits per heavy atom. The van der Waals surface area contributed by atoms with Crippen LogP contribution in [0, 0.1) is 0 Å². The fourth-order valence-electron chi connectivity index (χ4n) is 1.52. The summed E-state index contributed by atoms with van der Waals surface area (Å²) in [5, 5.41) is 0. The standard InChI is InChI=1S/C14H20BrF2NOS/c1-9(18-20(19)13(2,3)4)10-6-11(14(5,16)17)8-12(15)7-10/h6-9,18H,1-5H3/t9-,20-/m1/s1. The topological polar surface area (TPSA) is 35.1 Å². The van der Waals surface area contributed by atoms with Crippen molar-refractivity contribution in [2.75, 3.05) is 0 Å². The molecule has 0 aromatic heterocycles. The van der Waals surface area contributed by atoms with Crippen molar-refractivity contribution in [3.63, 3.8) is 0 Å². The van der Waals surface area contributed by atoms with E-state index in [9.17, 15) is 13.3 Å². The van der Waals surface area contributed by atoms with Gasteiger partial charge in [-0.2, -0.15) is 0 Å². The van der Waals surface area contributed by atoms with Crippen molar-refractivity contribution in [3.8, 4) is 0 Å². The molecule has 0 saturated carbocycles. The Bertz CT molecular complexity index is 471. The maximum Gasteiger partial charge on any atom is 0.270 e. The zero-order valence-electron chi connectivity index (χ0n) is 12.3. The number of benzene rings is 1. The van der Waals surface area contributed by atoms with Crippen LogP contribution in [0.3, 0.4) is 0 Å². The molecule has 1 aromatic rings. The molecule has 1 N–H and O–H groups in total. The number of halogens is 3. The van der Waals surface area contributed by atoms with Crippen LogP contribution in [0.25, 0.3) is 0 Å². The lowest BCUT2D eigenvalue weighted by atomic mass is 10.0. The number of alkyl halides is 2. The van der Waals surface area contributed by atoms with Crippen LogP contribution < -0.4 is 4.72 Å². The molecule has 0 bridgehead atoms. The van der Waals surface area contributed by atoms with Crippen molar-refractivity contribution in [3.05, 3.63) is 33.8 Å². The highest BCUT2D eigenvalue weighted by molar-refractivity contribution is 9.10. The Kier molecular flexibility index (Phi) is 5.63. The Hall–Kier alpha value is -0.170. The average molecular weight is 368 g/mol. The second-order valence-electron chi connectivity index (χ2n) is 5.88. The van der Waals surface area contributed by atoms with Crippen LogP contribution in [-0.2, 0) is 17.3 Å². The van der Waals surface area contributed by atoms with Crippen molar-refractivity contribution in [1.29, 1.82) is 0 Å². The summed E-state index contributed by atoms with van der Waals surface area (Å²) in [4.78, 5) is 0. The fourth-order valence-corrected chi connectivity index (χ4v) is 2.84. The van der Waals surface area contributed by atoms with Crippen LogP contribution >= 0.6 is 15.9 Å². The van der Waals surface area contributed by atoms with Gasteiger partial charge in [0, 0.05) is 28.3 Å². The minimum atomic E-state index is -2.90. The van der Waals surface area contributed by atoms with Crippen molar-refractivity contribution >= 4 is 27.3 Å². The maximum atomic E-state index is 13.4. The minimum absolute atomic E-state index is 0.0583. The summed E-state index contributed by atoms with van der Waals surface area (Å²) in [7, 11) is 0. The summed E-state index contributed by atoms with van der Waals surface area (Å²) in [6.45, 7) is 8.24. The first-order valence-electron chi connectivity index (χ1n) is 6.28. The van der Waals surface area contributed by atoms with Gasteiger partial charge in [-0.05, 0) is 51.5 Å². The third-order valence-electron chi connectivity index (χ3n) is 2.77. The van der Waals surface area contributed by atoms with E-state index in [1.165, 1.54) is 12.1 Å². The van der Waals surface area contributed by atoms with Crippen molar-refractivity contribution in [2.45, 2.75) is 51.3 Å². The van der Waals surface area contributed by atoms with Crippen LogP contribution in [0.15, 0.2) is 22.7 Å². The first-order chi connectivity index (χ1) is 8.91. The third-order valence-corrected chi connectivity index (χ3v) is 4.90. The molecule has 0 fully saturated rings. The smallest absolute Gasteiger partial charge is 0.270 e. The van der Waals surface area contributed by atoms with Gasteiger partial charge >= 0.3 is 0 Å². The summed E-state index contributed by atoms with van der Waals surface area (Å²) in [6.07, 6.45) is 0. The molecule has 0 amide bonds. The number of rotatable bonds is 4. The van der Waals surface area contributed by atoms with E-state index in [1.807, 2.05) is 27.7 Å². The molecule has 0 saturated heterocycles. The molecule has 2 atom stereocenters. The molecule has 2 nitrogen and oxygen atoms in total. The van der Waals surface area contributed by atoms with Crippen LogP contribution in [0.2, 0.25) is 0 Å². The molecule has 0 heterocycles. The molecule has 114 valence electrons. The third kappa shape index (κ3) is 4.98. The Morgan fingerprint density at radius 3 is 2.20 bits per heavy atom. The van der Waals surface area contributed by atoms with E-state index >= 15 is 0 Å². The largest absolute Gasteiger partial charge is 0.598 e. The SMILES string of the molecule is C[C@@H](N[S@+]([O-])C(C)(C)C)c1cc(Br)cc(C(C)(F)F)c1. The molecule has 0 spiro atoms. The molecule has 20 heavy (non-hydrogen) atoms. The monoisotopic (exact) mass is 367 g/mol. The predicted octanol–water partition coefficient (Wildman–Crippen LogP) is 4.67. The molecule has 6 heteroatoms. The summed E-state index contributed by atoms with van der Waals surface area (Å²) in [5.41, 5.74) is 0.616. The lowest BCUT2D eigenvalue weighted by molar-refractivity contribution is 0.0173. The van der Waals surface area contributed by atoms with Gasteiger partial charge < -0.3 is 4.55 Å². The van der Waals surface area contributed by atoms with E-state index in [0.717, 1.165) is 6.92 Å². The summed E-state index contributed by atoms with van der Waals surface area (Å²) >= 11 is 1.99. The molecule has 0 unspecified atom stereocenters. The summed E-state index contributed by atoms with van der Waals surface area (Å²) in [5.74, 6) is -2.90. The van der Waals surface area contributed by atoms with Gasteiger partial charge in [-0.15, -0.1) is 4.72 Å². The van der Waals surface area contributed by atoms with Gasteiger partial charge in [0.15, 0.2) is 0 Å². The zero-order chi connectivity index (χ0) is 15.7. The van der Waals surface area contributed by atoms with Crippen LogP contribution in [0.4, 0.5) is 8.78 Å². The second-order valence-corrected chi connectivity index (χ2v) is 8.80. The van der Waals surface area contributed by atoms with Crippen molar-refractivity contribution < 1.29 is 13.3 Å². The van der Waals surface area contributed by atoms with Crippen molar-refractivity contribution in [1.82, 2.24) is 4.72 Å². The number of hydrogen-bond donors (Lipinski definition) is 1. The number of hydrogen-bond acceptors (Lipinski definition) is 2. The molecule has 0 radical (unpaired) electrons. The second kappa shape index (κ2) is 6.30. The van der Waals surface area contributed by atoms with Gasteiger partial charge in [0.1, 0.15) is 4.75 Å². The normalized spacial score (nSPS) is 16.1. The van der Waals surface area contributed by atoms with Crippen LogP contribution in [-0.4, -0.2) is 9.30 Å². The Morgan fingerprint density at radius 1 is 1.20 bits per heavy atom. The lowest BCUT2D eigenvalue weighted by Crippen LogP contribution is -2.40. The lowest BCUT2D eigenvalue weighted by Gasteiger charge is -2.27. The van der Waals surface area contributed by atoms with Crippen LogP contribution in [0.5, 0.6) is 0 Å². The highest BCUT2D eigenvalue weighted by Gasteiger charge is 2.30. The number of nitrogens with one attached hydrogen (secondary N) is 1. The highest BCUT2D eigenvalue weighted by Crippen LogP contribution is 2.32. The van der Waals surface area contributed by atoms with Gasteiger partial charge in [0.2, 0.25) is 0 Å². The quantitative estimate of drug-likeness (QED) is 0.784. The predicted molar refractivity (Wildman–Crippen MR) is 83.2 cm³/mol. The zero-order valence-corrected chi connectivity index (χ0v) is 14.7. The van der Waals surface area contributed by atoms with Gasteiger partial charge in [0.25, 0.3) is 5.92 Å². The fraction of sp³-hybridized carbons (Fsp3) is 0.571. The Balaban J connectivity index is 2.99. The summed E-state index contributed by atoms with van der Waals surface area (Å²) < 4.78 is 42.0. The van der Waals surface area contributed by atoms with E-state index in [0.29, 0.717) is 10.0 Å². The molecule has 1 rings (SSSR count). The molecule has 0 aliphatic rings. The molecule has 0 aliphatic carbocycles. The first kappa shape index (κ1) is 17.9. The molecule has 0 aliphatic heterocycles. The van der Waals surface area contributed by atoms with Gasteiger partial charge in [0.05, 0.1) is 6.04 Å². The molecular weight excluding hydrogens is 348 g/mol. The van der Waals surface area contributed by atoms with E-state index in [1.54, 1.807) is 6.07 Å². The minimum Gasteiger partial charge on any atom is -0.598 e. The van der Waals surface area contributed by atoms with Crippen LogP contribution in [0.1, 0.15) is 51.8 Å². The van der Waals surface area contributed by atoms with Gasteiger partial charge in [-0.3, -0.25) is 0 Å². The van der Waals surface area contributed by atoms with Gasteiger partial charge in [-0.1, -0.05) is 15.9 Å². The first-order valence-corrected chi connectivity index (χ1v) is 8.22. The van der Waals surface area contributed by atoms with E-state index in [4.69, 9.17) is 0 Å². The average Bonchev–Trinajstić information content (AvgIpc) is 2.25. The summed E-state index contributed by atoms with van der Waals surface area (Å²) in [6, 6.07) is 4.32. The van der Waals surface area contributed by atoms with Gasteiger partial charge in [-0.25, -0.2) is 8.78 Å². The molecular formula is C14H20BrF2NOS. The van der Waals surface area contributed by atoms with E-state index in [2.05, 4.69) is 20.7 Å². The van der Waals surface area contributed by atoms with Crippen molar-refractivity contribution in [2.24, 2.45) is 0 Å². The van der Waals surface area contributed by atoms with E-state index < -0.39 is 22.0 Å². The maximum absolute atomic E-state index is 13.4. The highest BCUT2D eigenvalue weighted by atomic mass is 79.9. The molecule has 1 aromatic carbocycles. The van der Waals surface area contributed by atoms with E-state index in [-0.39, 0.29) is 11.6 Å². The Labute approximate surface area is 130 Å².